The number of anilines is 1. The van der Waals surface area contributed by atoms with Crippen LogP contribution in [0.15, 0.2) is 65.3 Å². The molecule has 0 saturated heterocycles. The SMILES string of the molecule is COC(=O)c1ccccc1N/C=C/C(=O)c1cccc(Br)c1. The van der Waals surface area contributed by atoms with Crippen LogP contribution in [-0.2, 0) is 4.74 Å². The van der Waals surface area contributed by atoms with Gasteiger partial charge in [-0.2, -0.15) is 0 Å². The second kappa shape index (κ2) is 7.56. The standard InChI is InChI=1S/C17H14BrNO3/c1-22-17(21)14-7-2-3-8-15(14)19-10-9-16(20)12-5-4-6-13(18)11-12/h2-11,19H,1H3/b10-9+. The van der Waals surface area contributed by atoms with Crippen LogP contribution in [0.4, 0.5) is 5.69 Å². The van der Waals surface area contributed by atoms with Crippen molar-refractivity contribution in [3.05, 3.63) is 76.4 Å². The molecule has 0 fully saturated rings. The third-order valence-electron chi connectivity index (χ3n) is 2.92. The summed E-state index contributed by atoms with van der Waals surface area (Å²) in [5, 5.41) is 2.93. The summed E-state index contributed by atoms with van der Waals surface area (Å²) in [5.74, 6) is -0.570. The van der Waals surface area contributed by atoms with E-state index in [9.17, 15) is 9.59 Å². The molecule has 0 bridgehead atoms. The molecule has 0 radical (unpaired) electrons. The minimum absolute atomic E-state index is 0.135. The molecule has 4 nitrogen and oxygen atoms in total. The van der Waals surface area contributed by atoms with E-state index in [1.165, 1.54) is 19.4 Å². The minimum Gasteiger partial charge on any atom is -0.465 e. The van der Waals surface area contributed by atoms with Crippen LogP contribution in [0.2, 0.25) is 0 Å². The van der Waals surface area contributed by atoms with E-state index in [2.05, 4.69) is 21.2 Å². The molecule has 0 unspecified atom stereocenters. The third-order valence-corrected chi connectivity index (χ3v) is 3.41. The zero-order valence-electron chi connectivity index (χ0n) is 11.9. The molecule has 2 rings (SSSR count). The van der Waals surface area contributed by atoms with Crippen LogP contribution in [0.1, 0.15) is 20.7 Å². The lowest BCUT2D eigenvalue weighted by molar-refractivity contribution is 0.0602. The van der Waals surface area contributed by atoms with Gasteiger partial charge in [0.05, 0.1) is 18.4 Å². The van der Waals surface area contributed by atoms with Gasteiger partial charge in [0, 0.05) is 22.3 Å². The predicted molar refractivity (Wildman–Crippen MR) is 89.0 cm³/mol. The van der Waals surface area contributed by atoms with Crippen LogP contribution in [0.3, 0.4) is 0 Å². The van der Waals surface area contributed by atoms with Gasteiger partial charge in [0.15, 0.2) is 5.78 Å². The highest BCUT2D eigenvalue weighted by atomic mass is 79.9. The molecule has 0 aliphatic carbocycles. The fraction of sp³-hybridized carbons (Fsp3) is 0.0588. The molecule has 0 amide bonds. The number of carbonyl (C=O) groups excluding carboxylic acids is 2. The maximum absolute atomic E-state index is 12.0. The number of carbonyl (C=O) groups is 2. The van der Waals surface area contributed by atoms with Crippen LogP contribution < -0.4 is 5.32 Å². The van der Waals surface area contributed by atoms with E-state index in [-0.39, 0.29) is 5.78 Å². The quantitative estimate of drug-likeness (QED) is 0.497. The van der Waals surface area contributed by atoms with Gasteiger partial charge in [-0.05, 0) is 24.3 Å². The van der Waals surface area contributed by atoms with Crippen molar-refractivity contribution in [2.45, 2.75) is 0 Å². The van der Waals surface area contributed by atoms with E-state index < -0.39 is 5.97 Å². The lowest BCUT2D eigenvalue weighted by Gasteiger charge is -2.06. The first kappa shape index (κ1) is 16.0. The first-order valence-corrected chi connectivity index (χ1v) is 7.31. The van der Waals surface area contributed by atoms with E-state index in [4.69, 9.17) is 4.74 Å². The second-order valence-corrected chi connectivity index (χ2v) is 5.31. The van der Waals surface area contributed by atoms with Crippen molar-refractivity contribution in [3.8, 4) is 0 Å². The topological polar surface area (TPSA) is 55.4 Å². The van der Waals surface area contributed by atoms with Crippen molar-refractivity contribution >= 4 is 33.4 Å². The average molecular weight is 360 g/mol. The largest absolute Gasteiger partial charge is 0.465 e. The van der Waals surface area contributed by atoms with Crippen molar-refractivity contribution in [2.24, 2.45) is 0 Å². The summed E-state index contributed by atoms with van der Waals surface area (Å²) in [5.41, 5.74) is 1.56. The number of benzene rings is 2. The number of ether oxygens (including phenoxy) is 1. The number of allylic oxidation sites excluding steroid dienone is 1. The maximum Gasteiger partial charge on any atom is 0.339 e. The Morgan fingerprint density at radius 2 is 1.91 bits per heavy atom. The molecule has 0 aliphatic rings. The molecular formula is C17H14BrNO3. The first-order chi connectivity index (χ1) is 10.6. The van der Waals surface area contributed by atoms with E-state index >= 15 is 0 Å². The predicted octanol–water partition coefficient (Wildman–Crippen LogP) is 4.04. The van der Waals surface area contributed by atoms with Gasteiger partial charge in [0.2, 0.25) is 0 Å². The Morgan fingerprint density at radius 1 is 1.14 bits per heavy atom. The number of hydrogen-bond acceptors (Lipinski definition) is 4. The molecule has 0 heterocycles. The molecule has 0 aliphatic heterocycles. The molecule has 22 heavy (non-hydrogen) atoms. The maximum atomic E-state index is 12.0. The number of hydrogen-bond donors (Lipinski definition) is 1. The van der Waals surface area contributed by atoms with Crippen LogP contribution in [0.25, 0.3) is 0 Å². The molecule has 0 atom stereocenters. The fourth-order valence-corrected chi connectivity index (χ4v) is 2.24. The molecule has 2 aromatic carbocycles. The monoisotopic (exact) mass is 359 g/mol. The molecule has 2 aromatic rings. The summed E-state index contributed by atoms with van der Waals surface area (Å²) in [6.45, 7) is 0. The summed E-state index contributed by atoms with van der Waals surface area (Å²) in [6, 6.07) is 14.1. The van der Waals surface area contributed by atoms with Crippen molar-refractivity contribution < 1.29 is 14.3 Å². The van der Waals surface area contributed by atoms with Gasteiger partial charge < -0.3 is 10.1 Å². The van der Waals surface area contributed by atoms with Gasteiger partial charge in [0.1, 0.15) is 0 Å². The molecular weight excluding hydrogens is 346 g/mol. The minimum atomic E-state index is -0.435. The van der Waals surface area contributed by atoms with E-state index in [0.29, 0.717) is 16.8 Å². The number of esters is 1. The number of para-hydroxylation sites is 1. The van der Waals surface area contributed by atoms with Crippen LogP contribution >= 0.6 is 15.9 Å². The normalized spacial score (nSPS) is 10.5. The summed E-state index contributed by atoms with van der Waals surface area (Å²) in [6.07, 6.45) is 2.92. The molecule has 0 spiro atoms. The summed E-state index contributed by atoms with van der Waals surface area (Å²) < 4.78 is 5.55. The van der Waals surface area contributed by atoms with Gasteiger partial charge in [-0.25, -0.2) is 4.79 Å². The van der Waals surface area contributed by atoms with Crippen LogP contribution in [0.5, 0.6) is 0 Å². The number of methoxy groups -OCH3 is 1. The fourth-order valence-electron chi connectivity index (χ4n) is 1.84. The van der Waals surface area contributed by atoms with Crippen LogP contribution in [-0.4, -0.2) is 18.9 Å². The molecule has 0 saturated carbocycles. The number of rotatable bonds is 5. The van der Waals surface area contributed by atoms with Gasteiger partial charge in [-0.15, -0.1) is 0 Å². The van der Waals surface area contributed by atoms with Crippen molar-refractivity contribution in [2.75, 3.05) is 12.4 Å². The van der Waals surface area contributed by atoms with E-state index in [1.807, 2.05) is 6.07 Å². The number of ketones is 1. The van der Waals surface area contributed by atoms with Gasteiger partial charge >= 0.3 is 5.97 Å². The summed E-state index contributed by atoms with van der Waals surface area (Å²) >= 11 is 3.33. The Kier molecular flexibility index (Phi) is 5.49. The van der Waals surface area contributed by atoms with Crippen LogP contribution in [0, 0.1) is 0 Å². The van der Waals surface area contributed by atoms with E-state index in [0.717, 1.165) is 4.47 Å². The Labute approximate surface area is 136 Å². The Balaban J connectivity index is 2.10. The highest BCUT2D eigenvalue weighted by Crippen LogP contribution is 2.16. The highest BCUT2D eigenvalue weighted by molar-refractivity contribution is 9.10. The molecule has 5 heteroatoms. The Hall–Kier alpha value is -2.40. The van der Waals surface area contributed by atoms with Crippen molar-refractivity contribution in [3.63, 3.8) is 0 Å². The lowest BCUT2D eigenvalue weighted by Crippen LogP contribution is -2.05. The first-order valence-electron chi connectivity index (χ1n) is 6.52. The lowest BCUT2D eigenvalue weighted by atomic mass is 10.1. The molecule has 112 valence electrons. The van der Waals surface area contributed by atoms with Gasteiger partial charge in [-0.3, -0.25) is 4.79 Å². The van der Waals surface area contributed by atoms with E-state index in [1.54, 1.807) is 42.5 Å². The van der Waals surface area contributed by atoms with Crippen molar-refractivity contribution in [1.82, 2.24) is 0 Å². The smallest absolute Gasteiger partial charge is 0.339 e. The van der Waals surface area contributed by atoms with Gasteiger partial charge in [-0.1, -0.05) is 40.2 Å². The highest BCUT2D eigenvalue weighted by Gasteiger charge is 2.09. The van der Waals surface area contributed by atoms with Gasteiger partial charge in [0.25, 0.3) is 0 Å². The average Bonchev–Trinajstić information content (AvgIpc) is 2.54. The third kappa shape index (κ3) is 4.05. The Morgan fingerprint density at radius 3 is 2.64 bits per heavy atom. The zero-order valence-corrected chi connectivity index (χ0v) is 13.5. The molecule has 0 aromatic heterocycles. The van der Waals surface area contributed by atoms with Crippen molar-refractivity contribution in [1.29, 1.82) is 0 Å². The Bertz CT molecular complexity index is 725. The summed E-state index contributed by atoms with van der Waals surface area (Å²) in [4.78, 5) is 23.7. The number of nitrogens with one attached hydrogen (secondary N) is 1. The molecule has 1 N–H and O–H groups in total. The summed E-state index contributed by atoms with van der Waals surface area (Å²) in [7, 11) is 1.33. The number of halogens is 1. The second-order valence-electron chi connectivity index (χ2n) is 4.39. The zero-order chi connectivity index (χ0) is 15.9.